The molecule has 0 amide bonds. The summed E-state index contributed by atoms with van der Waals surface area (Å²) in [6.07, 6.45) is 2.82. The molecule has 1 aliphatic rings. The Bertz CT molecular complexity index is 672. The number of fused-ring (bicyclic) bond motifs is 1. The smallest absolute Gasteiger partial charge is 0.173 e. The molecule has 108 valence electrons. The minimum Gasteiger partial charge on any atom is -0.492 e. The fourth-order valence-electron chi connectivity index (χ4n) is 2.22. The van der Waals surface area contributed by atoms with Crippen molar-refractivity contribution < 1.29 is 4.74 Å². The molecule has 0 atom stereocenters. The van der Waals surface area contributed by atoms with Crippen LogP contribution in [0.3, 0.4) is 0 Å². The van der Waals surface area contributed by atoms with Crippen LogP contribution in [-0.4, -0.2) is 35.0 Å². The highest BCUT2D eigenvalue weighted by Gasteiger charge is 2.14. The first-order chi connectivity index (χ1) is 10.2. The van der Waals surface area contributed by atoms with Gasteiger partial charge in [-0.25, -0.2) is 9.98 Å². The summed E-state index contributed by atoms with van der Waals surface area (Å²) in [5.41, 5.74) is 7.96. The van der Waals surface area contributed by atoms with E-state index in [0.717, 1.165) is 22.8 Å². The quantitative estimate of drug-likeness (QED) is 0.777. The first-order valence-electron chi connectivity index (χ1n) is 6.85. The third-order valence-corrected chi connectivity index (χ3v) is 3.20. The number of rotatable bonds is 5. The van der Waals surface area contributed by atoms with Crippen molar-refractivity contribution in [3.63, 3.8) is 0 Å². The zero-order valence-corrected chi connectivity index (χ0v) is 11.6. The Morgan fingerprint density at radius 1 is 1.29 bits per heavy atom. The number of H-pyrrole nitrogens is 1. The van der Waals surface area contributed by atoms with Gasteiger partial charge < -0.3 is 20.9 Å². The number of ether oxygens (including phenoxy) is 1. The molecule has 4 N–H and O–H groups in total. The molecule has 0 saturated carbocycles. The third-order valence-electron chi connectivity index (χ3n) is 3.20. The van der Waals surface area contributed by atoms with Gasteiger partial charge in [0.1, 0.15) is 18.2 Å². The maximum Gasteiger partial charge on any atom is 0.173 e. The van der Waals surface area contributed by atoms with Gasteiger partial charge >= 0.3 is 0 Å². The molecule has 2 heterocycles. The predicted molar refractivity (Wildman–Crippen MR) is 82.0 cm³/mol. The van der Waals surface area contributed by atoms with Crippen molar-refractivity contribution in [1.82, 2.24) is 9.97 Å². The van der Waals surface area contributed by atoms with Crippen LogP contribution in [0, 0.1) is 5.41 Å². The fourth-order valence-corrected chi connectivity index (χ4v) is 2.22. The van der Waals surface area contributed by atoms with E-state index >= 15 is 0 Å². The third kappa shape index (κ3) is 3.17. The van der Waals surface area contributed by atoms with Gasteiger partial charge in [-0.3, -0.25) is 0 Å². The number of nitrogens with one attached hydrogen (secondary N) is 2. The molecule has 1 aromatic heterocycles. The molecule has 0 radical (unpaired) electrons. The molecule has 3 rings (SSSR count). The van der Waals surface area contributed by atoms with E-state index in [1.54, 1.807) is 6.21 Å². The molecule has 0 aliphatic carbocycles. The average molecular weight is 283 g/mol. The maximum absolute atomic E-state index is 7.61. The zero-order chi connectivity index (χ0) is 14.7. The number of aliphatic imine (C=N–C) groups is 1. The summed E-state index contributed by atoms with van der Waals surface area (Å²) in [5.74, 6) is 2.38. The van der Waals surface area contributed by atoms with Crippen molar-refractivity contribution in [3.8, 4) is 5.75 Å². The highest BCUT2D eigenvalue weighted by Crippen LogP contribution is 2.21. The van der Waals surface area contributed by atoms with Crippen LogP contribution in [0.1, 0.15) is 17.1 Å². The van der Waals surface area contributed by atoms with E-state index in [4.69, 9.17) is 15.9 Å². The van der Waals surface area contributed by atoms with E-state index in [2.05, 4.69) is 15.0 Å². The monoisotopic (exact) mass is 283 g/mol. The van der Waals surface area contributed by atoms with Crippen LogP contribution in [0.15, 0.2) is 29.3 Å². The summed E-state index contributed by atoms with van der Waals surface area (Å²) < 4.78 is 5.45. The van der Waals surface area contributed by atoms with Crippen molar-refractivity contribution in [1.29, 1.82) is 5.41 Å². The molecular weight excluding hydrogens is 266 g/mol. The van der Waals surface area contributed by atoms with Crippen LogP contribution in [0.4, 0.5) is 5.82 Å². The Labute approximate surface area is 122 Å². The molecule has 0 fully saturated rings. The molecule has 21 heavy (non-hydrogen) atoms. The number of benzene rings is 1. The highest BCUT2D eigenvalue weighted by molar-refractivity contribution is 6.31. The van der Waals surface area contributed by atoms with E-state index in [1.807, 2.05) is 24.3 Å². The summed E-state index contributed by atoms with van der Waals surface area (Å²) >= 11 is 0. The second kappa shape index (κ2) is 5.88. The number of nitrogens with two attached hydrogens (primary N) is 1. The SMILES string of the molecule is N=C1C=Nc2nc(Cc3ccc(OCCN)cc3)[nH]c2C1. The normalized spacial score (nSPS) is 13.3. The van der Waals surface area contributed by atoms with Gasteiger partial charge in [-0.1, -0.05) is 12.1 Å². The van der Waals surface area contributed by atoms with Crippen molar-refractivity contribution in [2.24, 2.45) is 10.7 Å². The first-order valence-corrected chi connectivity index (χ1v) is 6.85. The van der Waals surface area contributed by atoms with Gasteiger partial charge in [0.05, 0.1) is 17.6 Å². The van der Waals surface area contributed by atoms with Crippen molar-refractivity contribution >= 4 is 17.7 Å². The molecule has 0 saturated heterocycles. The van der Waals surface area contributed by atoms with Crippen LogP contribution in [-0.2, 0) is 12.8 Å². The van der Waals surface area contributed by atoms with Crippen LogP contribution < -0.4 is 10.5 Å². The van der Waals surface area contributed by atoms with E-state index < -0.39 is 0 Å². The molecule has 0 unspecified atom stereocenters. The minimum atomic E-state index is 0.499. The first kappa shape index (κ1) is 13.5. The van der Waals surface area contributed by atoms with Gasteiger partial charge in [-0.2, -0.15) is 0 Å². The Balaban J connectivity index is 1.69. The summed E-state index contributed by atoms with van der Waals surface area (Å²) in [6.45, 7) is 1.03. The van der Waals surface area contributed by atoms with Crippen LogP contribution in [0.25, 0.3) is 0 Å². The minimum absolute atomic E-state index is 0.499. The Hall–Kier alpha value is -2.47. The second-order valence-electron chi connectivity index (χ2n) is 4.90. The molecule has 1 aliphatic heterocycles. The standard InChI is InChI=1S/C15H17N5O/c16-5-6-21-12-3-1-10(2-4-12)7-14-19-13-8-11(17)9-18-15(13)20-14/h1-4,9,17H,5-8,16H2,(H,19,20). The average Bonchev–Trinajstić information content (AvgIpc) is 2.88. The largest absolute Gasteiger partial charge is 0.492 e. The number of hydrogen-bond donors (Lipinski definition) is 3. The molecule has 0 bridgehead atoms. The summed E-state index contributed by atoms with van der Waals surface area (Å²) in [5, 5.41) is 7.61. The zero-order valence-electron chi connectivity index (χ0n) is 11.6. The number of imidazole rings is 1. The summed E-state index contributed by atoms with van der Waals surface area (Å²) in [7, 11) is 0. The highest BCUT2D eigenvalue weighted by atomic mass is 16.5. The van der Waals surface area contributed by atoms with Gasteiger partial charge in [0.15, 0.2) is 5.82 Å². The lowest BCUT2D eigenvalue weighted by Crippen LogP contribution is -2.10. The lowest BCUT2D eigenvalue weighted by Gasteiger charge is -2.05. The Kier molecular flexibility index (Phi) is 3.79. The van der Waals surface area contributed by atoms with Crippen molar-refractivity contribution in [2.45, 2.75) is 12.8 Å². The Morgan fingerprint density at radius 3 is 2.86 bits per heavy atom. The predicted octanol–water partition coefficient (Wildman–Crippen LogP) is 1.62. The second-order valence-corrected chi connectivity index (χ2v) is 4.90. The molecule has 2 aromatic rings. The lowest BCUT2D eigenvalue weighted by molar-refractivity contribution is 0.328. The van der Waals surface area contributed by atoms with Crippen molar-refractivity contribution in [2.75, 3.05) is 13.2 Å². The van der Waals surface area contributed by atoms with Gasteiger partial charge in [0.2, 0.25) is 0 Å². The van der Waals surface area contributed by atoms with Gasteiger partial charge in [0.25, 0.3) is 0 Å². The topological polar surface area (TPSA) is 100 Å². The molecular formula is C15H17N5O. The number of hydrogen-bond acceptors (Lipinski definition) is 5. The van der Waals surface area contributed by atoms with Gasteiger partial charge in [-0.05, 0) is 17.7 Å². The van der Waals surface area contributed by atoms with Crippen molar-refractivity contribution in [3.05, 3.63) is 41.3 Å². The van der Waals surface area contributed by atoms with Gasteiger partial charge in [0, 0.05) is 19.4 Å². The van der Waals surface area contributed by atoms with Crippen LogP contribution in [0.5, 0.6) is 5.75 Å². The lowest BCUT2D eigenvalue weighted by atomic mass is 10.1. The molecule has 0 spiro atoms. The number of nitrogens with zero attached hydrogens (tertiary/aromatic N) is 2. The number of aromatic nitrogens is 2. The molecule has 6 heteroatoms. The van der Waals surface area contributed by atoms with E-state index in [9.17, 15) is 0 Å². The van der Waals surface area contributed by atoms with Gasteiger partial charge in [-0.15, -0.1) is 0 Å². The molecule has 1 aromatic carbocycles. The van der Waals surface area contributed by atoms with Crippen LogP contribution >= 0.6 is 0 Å². The summed E-state index contributed by atoms with van der Waals surface area (Å²) in [4.78, 5) is 11.9. The fraction of sp³-hybridized carbons (Fsp3) is 0.267. The maximum atomic E-state index is 7.61. The Morgan fingerprint density at radius 2 is 2.10 bits per heavy atom. The van der Waals surface area contributed by atoms with E-state index in [-0.39, 0.29) is 0 Å². The molecule has 6 nitrogen and oxygen atoms in total. The van der Waals surface area contributed by atoms with Crippen LogP contribution in [0.2, 0.25) is 0 Å². The van der Waals surface area contributed by atoms with E-state index in [0.29, 0.717) is 37.5 Å². The van der Waals surface area contributed by atoms with E-state index in [1.165, 1.54) is 0 Å². The summed E-state index contributed by atoms with van der Waals surface area (Å²) in [6, 6.07) is 7.89. The number of aromatic amines is 1.